The van der Waals surface area contributed by atoms with Gasteiger partial charge in [-0.25, -0.2) is 13.2 Å². The normalized spacial score (nSPS) is 25.3. The van der Waals surface area contributed by atoms with Crippen LogP contribution >= 0.6 is 15.9 Å². The van der Waals surface area contributed by atoms with Crippen molar-refractivity contribution in [2.75, 3.05) is 11.5 Å². The maximum atomic E-state index is 12.1. The van der Waals surface area contributed by atoms with Crippen molar-refractivity contribution in [2.24, 2.45) is 0 Å². The maximum absolute atomic E-state index is 12.1. The topological polar surface area (TPSA) is 75.3 Å². The Hall–Kier alpha value is -1.08. The van der Waals surface area contributed by atoms with Crippen LogP contribution in [0, 0.1) is 0 Å². The number of hydrogen-bond donors (Lipinski definition) is 2. The molecule has 2 N–H and O–H groups in total. The molecular formula is C14H17BrN2O3S. The van der Waals surface area contributed by atoms with Crippen molar-refractivity contribution in [1.82, 2.24) is 10.6 Å². The van der Waals surface area contributed by atoms with Crippen LogP contribution in [0.3, 0.4) is 0 Å². The predicted molar refractivity (Wildman–Crippen MR) is 83.8 cm³/mol. The van der Waals surface area contributed by atoms with Crippen molar-refractivity contribution in [3.63, 3.8) is 0 Å². The summed E-state index contributed by atoms with van der Waals surface area (Å²) in [7, 11) is -2.97. The molecular weight excluding hydrogens is 356 g/mol. The largest absolute Gasteiger partial charge is 0.334 e. The van der Waals surface area contributed by atoms with Gasteiger partial charge < -0.3 is 10.6 Å². The van der Waals surface area contributed by atoms with Crippen LogP contribution in [-0.2, 0) is 15.4 Å². The summed E-state index contributed by atoms with van der Waals surface area (Å²) in [6, 6.07) is 7.36. The highest BCUT2D eigenvalue weighted by molar-refractivity contribution is 9.10. The Labute approximate surface area is 132 Å². The van der Waals surface area contributed by atoms with E-state index in [4.69, 9.17) is 0 Å². The molecule has 1 heterocycles. The zero-order valence-electron chi connectivity index (χ0n) is 11.4. The molecule has 1 atom stereocenters. The third-order valence-electron chi connectivity index (χ3n) is 4.07. The van der Waals surface area contributed by atoms with Crippen molar-refractivity contribution in [3.05, 3.63) is 34.3 Å². The van der Waals surface area contributed by atoms with E-state index in [-0.39, 0.29) is 29.1 Å². The number of sulfone groups is 1. The lowest BCUT2D eigenvalue weighted by Gasteiger charge is -2.20. The fraction of sp³-hybridized carbons (Fsp3) is 0.500. The number of amides is 2. The minimum atomic E-state index is -2.97. The van der Waals surface area contributed by atoms with Crippen molar-refractivity contribution in [2.45, 2.75) is 30.8 Å². The summed E-state index contributed by atoms with van der Waals surface area (Å²) < 4.78 is 23.8. The van der Waals surface area contributed by atoms with Gasteiger partial charge in [0.25, 0.3) is 0 Å². The van der Waals surface area contributed by atoms with E-state index in [2.05, 4.69) is 26.6 Å². The molecule has 3 rings (SSSR count). The summed E-state index contributed by atoms with van der Waals surface area (Å²) in [4.78, 5) is 12.1. The lowest BCUT2D eigenvalue weighted by molar-refractivity contribution is 0.233. The van der Waals surface area contributed by atoms with Gasteiger partial charge in [-0.05, 0) is 37.0 Å². The Bertz CT molecular complexity index is 653. The average molecular weight is 373 g/mol. The van der Waals surface area contributed by atoms with E-state index in [1.54, 1.807) is 0 Å². The van der Waals surface area contributed by atoms with E-state index in [0.29, 0.717) is 6.42 Å². The number of carbonyl (C=O) groups excluding carboxylic acids is 1. The molecule has 1 saturated heterocycles. The second-order valence-corrected chi connectivity index (χ2v) is 8.93. The molecule has 0 aromatic heterocycles. The number of urea groups is 1. The highest BCUT2D eigenvalue weighted by Crippen LogP contribution is 2.45. The number of nitrogens with one attached hydrogen (secondary N) is 2. The molecule has 5 nitrogen and oxygen atoms in total. The monoisotopic (exact) mass is 372 g/mol. The van der Waals surface area contributed by atoms with Crippen molar-refractivity contribution in [3.8, 4) is 0 Å². The Balaban J connectivity index is 1.61. The maximum Gasteiger partial charge on any atom is 0.315 e. The molecule has 2 amide bonds. The minimum Gasteiger partial charge on any atom is -0.334 e. The number of carbonyl (C=O) groups is 1. The van der Waals surface area contributed by atoms with Gasteiger partial charge in [-0.2, -0.15) is 0 Å². The number of rotatable bonds is 3. The molecule has 1 aromatic rings. The molecule has 1 saturated carbocycles. The fourth-order valence-corrected chi connectivity index (χ4v) is 4.67. The van der Waals surface area contributed by atoms with Crippen molar-refractivity contribution in [1.29, 1.82) is 0 Å². The third kappa shape index (κ3) is 3.40. The van der Waals surface area contributed by atoms with E-state index < -0.39 is 9.84 Å². The molecule has 114 valence electrons. The number of benzene rings is 1. The summed E-state index contributed by atoms with van der Waals surface area (Å²) >= 11 is 3.40. The predicted octanol–water partition coefficient (Wildman–Crippen LogP) is 1.92. The quantitative estimate of drug-likeness (QED) is 0.850. The third-order valence-corrected chi connectivity index (χ3v) is 6.36. The highest BCUT2D eigenvalue weighted by Gasteiger charge is 2.46. The van der Waals surface area contributed by atoms with Crippen LogP contribution in [0.4, 0.5) is 4.79 Å². The Morgan fingerprint density at radius 2 is 1.90 bits per heavy atom. The molecule has 1 aliphatic carbocycles. The summed E-state index contributed by atoms with van der Waals surface area (Å²) in [5.41, 5.74) is 0.794. The first-order chi connectivity index (χ1) is 9.89. The molecule has 1 aliphatic heterocycles. The molecule has 7 heteroatoms. The molecule has 1 aromatic carbocycles. The summed E-state index contributed by atoms with van der Waals surface area (Å²) in [5, 5.41) is 5.77. The van der Waals surface area contributed by atoms with Gasteiger partial charge in [-0.3, -0.25) is 0 Å². The second kappa shape index (κ2) is 5.28. The summed E-state index contributed by atoms with van der Waals surface area (Å²) in [5.74, 6) is 0.210. The van der Waals surface area contributed by atoms with Crippen LogP contribution in [0.15, 0.2) is 28.7 Å². The molecule has 0 spiro atoms. The smallest absolute Gasteiger partial charge is 0.315 e. The van der Waals surface area contributed by atoms with Gasteiger partial charge in [0.15, 0.2) is 9.84 Å². The number of hydrogen-bond acceptors (Lipinski definition) is 3. The summed E-state index contributed by atoms with van der Waals surface area (Å²) in [6.45, 7) is 0. The Morgan fingerprint density at radius 1 is 1.24 bits per heavy atom. The minimum absolute atomic E-state index is 0.0473. The average Bonchev–Trinajstić information content (AvgIpc) is 3.09. The SMILES string of the molecule is O=C(NC1CCS(=O)(=O)C1)NC1(c2ccc(Br)cc2)CC1. The molecule has 2 fully saturated rings. The summed E-state index contributed by atoms with van der Waals surface area (Å²) in [6.07, 6.45) is 2.32. The zero-order valence-corrected chi connectivity index (χ0v) is 13.8. The van der Waals surface area contributed by atoms with Gasteiger partial charge in [0.05, 0.1) is 17.0 Å². The van der Waals surface area contributed by atoms with Crippen LogP contribution in [0.5, 0.6) is 0 Å². The van der Waals surface area contributed by atoms with Crippen molar-refractivity contribution < 1.29 is 13.2 Å². The first kappa shape index (κ1) is 14.8. The van der Waals surface area contributed by atoms with Crippen LogP contribution in [0.1, 0.15) is 24.8 Å². The zero-order chi connectivity index (χ0) is 15.1. The van der Waals surface area contributed by atoms with Gasteiger partial charge >= 0.3 is 6.03 Å². The van der Waals surface area contributed by atoms with Gasteiger partial charge in [0.2, 0.25) is 0 Å². The highest BCUT2D eigenvalue weighted by atomic mass is 79.9. The van der Waals surface area contributed by atoms with Gasteiger partial charge in [-0.15, -0.1) is 0 Å². The van der Waals surface area contributed by atoms with E-state index in [0.717, 1.165) is 22.9 Å². The van der Waals surface area contributed by atoms with Gasteiger partial charge in [0.1, 0.15) is 0 Å². The lowest BCUT2D eigenvalue weighted by atomic mass is 10.1. The first-order valence-electron chi connectivity index (χ1n) is 6.94. The van der Waals surface area contributed by atoms with Crippen molar-refractivity contribution >= 4 is 31.8 Å². The standard InChI is InChI=1S/C14H17BrN2O3S/c15-11-3-1-10(2-4-11)14(6-7-14)17-13(18)16-12-5-8-21(19,20)9-12/h1-4,12H,5-9H2,(H2,16,17,18). The molecule has 0 bridgehead atoms. The molecule has 1 unspecified atom stereocenters. The first-order valence-corrected chi connectivity index (χ1v) is 9.55. The molecule has 21 heavy (non-hydrogen) atoms. The molecule has 0 radical (unpaired) electrons. The van der Waals surface area contributed by atoms with Gasteiger partial charge in [-0.1, -0.05) is 28.1 Å². The van der Waals surface area contributed by atoms with Crippen LogP contribution < -0.4 is 10.6 Å². The van der Waals surface area contributed by atoms with E-state index in [1.165, 1.54) is 0 Å². The second-order valence-electron chi connectivity index (χ2n) is 5.79. The lowest BCUT2D eigenvalue weighted by Crippen LogP contribution is -2.46. The fourth-order valence-electron chi connectivity index (χ4n) is 2.73. The van der Waals surface area contributed by atoms with Crippen LogP contribution in [-0.4, -0.2) is 32.0 Å². The molecule has 2 aliphatic rings. The van der Waals surface area contributed by atoms with Crippen LogP contribution in [0.25, 0.3) is 0 Å². The van der Waals surface area contributed by atoms with Gasteiger partial charge in [0, 0.05) is 10.5 Å². The number of halogens is 1. The Morgan fingerprint density at radius 3 is 2.43 bits per heavy atom. The van der Waals surface area contributed by atoms with E-state index in [9.17, 15) is 13.2 Å². The van der Waals surface area contributed by atoms with E-state index in [1.807, 2.05) is 24.3 Å². The van der Waals surface area contributed by atoms with Crippen LogP contribution in [0.2, 0.25) is 0 Å². The Kier molecular flexibility index (Phi) is 3.73. The van der Waals surface area contributed by atoms with E-state index >= 15 is 0 Å².